The molecule has 0 spiro atoms. The summed E-state index contributed by atoms with van der Waals surface area (Å²) in [7, 11) is 0. The number of aliphatic hydroxyl groups excluding tert-OH is 1. The first-order valence-electron chi connectivity index (χ1n) is 7.07. The van der Waals surface area contributed by atoms with E-state index in [0.717, 1.165) is 25.7 Å². The lowest BCUT2D eigenvalue weighted by atomic mass is 9.84. The van der Waals surface area contributed by atoms with Crippen LogP contribution >= 0.6 is 0 Å². The molecule has 0 bridgehead atoms. The van der Waals surface area contributed by atoms with Gasteiger partial charge in [0.15, 0.2) is 0 Å². The Bertz CT molecular complexity index is 209. The van der Waals surface area contributed by atoms with Gasteiger partial charge < -0.3 is 10.4 Å². The van der Waals surface area contributed by atoms with Crippen LogP contribution in [0.25, 0.3) is 0 Å². The molecule has 1 unspecified atom stereocenters. The van der Waals surface area contributed by atoms with Crippen LogP contribution in [0.1, 0.15) is 47.0 Å². The maximum Gasteiger partial charge on any atom is 0.0558 e. The number of aliphatic hydroxyl groups is 1. The first-order chi connectivity index (χ1) is 7.99. The maximum absolute atomic E-state index is 9.08. The van der Waals surface area contributed by atoms with E-state index < -0.39 is 0 Å². The van der Waals surface area contributed by atoms with E-state index in [4.69, 9.17) is 5.11 Å². The molecular formula is C14H30N2O. The summed E-state index contributed by atoms with van der Waals surface area (Å²) in [5, 5.41) is 12.7. The van der Waals surface area contributed by atoms with Gasteiger partial charge in [0, 0.05) is 25.2 Å². The highest BCUT2D eigenvalue weighted by Gasteiger charge is 2.30. The molecule has 102 valence electrons. The number of nitrogens with one attached hydrogen (secondary N) is 1. The minimum Gasteiger partial charge on any atom is -0.395 e. The largest absolute Gasteiger partial charge is 0.395 e. The zero-order valence-electron chi connectivity index (χ0n) is 12.0. The molecule has 0 aromatic carbocycles. The minimum absolute atomic E-state index is 0.290. The Morgan fingerprint density at radius 3 is 2.35 bits per heavy atom. The normalized spacial score (nSPS) is 18.7. The monoisotopic (exact) mass is 242 g/mol. The summed E-state index contributed by atoms with van der Waals surface area (Å²) in [6.45, 7) is 12.3. The van der Waals surface area contributed by atoms with Crippen LogP contribution in [-0.2, 0) is 0 Å². The molecule has 0 amide bonds. The average molecular weight is 242 g/mol. The summed E-state index contributed by atoms with van der Waals surface area (Å²) in [6, 6.07) is 1.32. The molecule has 0 aliphatic heterocycles. The second kappa shape index (κ2) is 6.72. The summed E-state index contributed by atoms with van der Waals surface area (Å²) >= 11 is 0. The highest BCUT2D eigenvalue weighted by molar-refractivity contribution is 4.87. The third-order valence-electron chi connectivity index (χ3n) is 3.65. The van der Waals surface area contributed by atoms with E-state index in [1.807, 2.05) is 0 Å². The molecule has 17 heavy (non-hydrogen) atoms. The molecule has 0 aromatic rings. The lowest BCUT2D eigenvalue weighted by molar-refractivity contribution is 0.165. The third-order valence-corrected chi connectivity index (χ3v) is 3.65. The van der Waals surface area contributed by atoms with Crippen LogP contribution in [0.4, 0.5) is 0 Å². The molecular weight excluding hydrogens is 212 g/mol. The van der Waals surface area contributed by atoms with Crippen molar-refractivity contribution in [3.05, 3.63) is 0 Å². The molecule has 0 heterocycles. The average Bonchev–Trinajstić information content (AvgIpc) is 3.04. The molecule has 0 saturated heterocycles. The Kier molecular flexibility index (Phi) is 5.90. The Balaban J connectivity index is 2.38. The van der Waals surface area contributed by atoms with Gasteiger partial charge in [-0.3, -0.25) is 4.90 Å². The van der Waals surface area contributed by atoms with Crippen LogP contribution in [0.2, 0.25) is 0 Å². The smallest absolute Gasteiger partial charge is 0.0558 e. The van der Waals surface area contributed by atoms with E-state index in [1.165, 1.54) is 19.3 Å². The summed E-state index contributed by atoms with van der Waals surface area (Å²) in [5.74, 6) is 0. The molecule has 2 N–H and O–H groups in total. The molecule has 0 radical (unpaired) electrons. The first-order valence-corrected chi connectivity index (χ1v) is 7.07. The van der Waals surface area contributed by atoms with Crippen LogP contribution in [0.5, 0.6) is 0 Å². The molecule has 1 rings (SSSR count). The molecule has 1 saturated carbocycles. The Morgan fingerprint density at radius 2 is 1.94 bits per heavy atom. The number of nitrogens with zero attached hydrogens (tertiary/aromatic N) is 1. The number of rotatable bonds is 8. The van der Waals surface area contributed by atoms with Crippen molar-refractivity contribution in [1.82, 2.24) is 10.2 Å². The molecule has 1 atom stereocenters. The van der Waals surface area contributed by atoms with Gasteiger partial charge in [0.05, 0.1) is 6.61 Å². The van der Waals surface area contributed by atoms with Crippen LogP contribution in [0.15, 0.2) is 0 Å². The fourth-order valence-electron chi connectivity index (χ4n) is 2.43. The number of hydrogen-bond donors (Lipinski definition) is 2. The van der Waals surface area contributed by atoms with Gasteiger partial charge in [0.1, 0.15) is 0 Å². The van der Waals surface area contributed by atoms with E-state index in [-0.39, 0.29) is 6.61 Å². The van der Waals surface area contributed by atoms with Crippen molar-refractivity contribution in [3.63, 3.8) is 0 Å². The SMILES string of the molecule is CCNC(CCN(CCO)C1CC1)C(C)(C)C. The molecule has 1 aliphatic carbocycles. The van der Waals surface area contributed by atoms with E-state index >= 15 is 0 Å². The van der Waals surface area contributed by atoms with E-state index in [9.17, 15) is 0 Å². The van der Waals surface area contributed by atoms with Crippen LogP contribution in [0.3, 0.4) is 0 Å². The van der Waals surface area contributed by atoms with Gasteiger partial charge >= 0.3 is 0 Å². The summed E-state index contributed by atoms with van der Waals surface area (Å²) in [6.07, 6.45) is 3.82. The van der Waals surface area contributed by atoms with Crippen LogP contribution in [0, 0.1) is 5.41 Å². The Morgan fingerprint density at radius 1 is 1.29 bits per heavy atom. The van der Waals surface area contributed by atoms with Crippen molar-refractivity contribution in [2.75, 3.05) is 26.2 Å². The predicted molar refractivity (Wildman–Crippen MR) is 73.2 cm³/mol. The van der Waals surface area contributed by atoms with Gasteiger partial charge in [-0.2, -0.15) is 0 Å². The summed E-state index contributed by atoms with van der Waals surface area (Å²) in [5.41, 5.74) is 0.310. The van der Waals surface area contributed by atoms with Crippen molar-refractivity contribution in [1.29, 1.82) is 0 Å². The van der Waals surface area contributed by atoms with E-state index in [1.54, 1.807) is 0 Å². The number of hydrogen-bond acceptors (Lipinski definition) is 3. The molecule has 1 fully saturated rings. The molecule has 1 aliphatic rings. The van der Waals surface area contributed by atoms with Gasteiger partial charge in [0.25, 0.3) is 0 Å². The van der Waals surface area contributed by atoms with Crippen molar-refractivity contribution >= 4 is 0 Å². The van der Waals surface area contributed by atoms with Crippen LogP contribution in [-0.4, -0.2) is 48.3 Å². The second-order valence-corrected chi connectivity index (χ2v) is 6.26. The van der Waals surface area contributed by atoms with E-state index in [0.29, 0.717) is 11.5 Å². The van der Waals surface area contributed by atoms with E-state index in [2.05, 4.69) is 37.9 Å². The van der Waals surface area contributed by atoms with Gasteiger partial charge in [0.2, 0.25) is 0 Å². The predicted octanol–water partition coefficient (Wildman–Crippen LogP) is 1.86. The lowest BCUT2D eigenvalue weighted by Gasteiger charge is -2.33. The standard InChI is InChI=1S/C14H30N2O/c1-5-15-13(14(2,3)4)8-9-16(10-11-17)12-6-7-12/h12-13,15,17H,5-11H2,1-4H3. The molecule has 3 nitrogen and oxygen atoms in total. The minimum atomic E-state index is 0.290. The fraction of sp³-hybridized carbons (Fsp3) is 1.00. The Hall–Kier alpha value is -0.120. The Labute approximate surface area is 107 Å². The van der Waals surface area contributed by atoms with Gasteiger partial charge in [-0.1, -0.05) is 27.7 Å². The zero-order valence-corrected chi connectivity index (χ0v) is 12.0. The first kappa shape index (κ1) is 14.9. The van der Waals surface area contributed by atoms with Crippen molar-refractivity contribution in [2.45, 2.75) is 59.0 Å². The van der Waals surface area contributed by atoms with Crippen molar-refractivity contribution < 1.29 is 5.11 Å². The van der Waals surface area contributed by atoms with Crippen molar-refractivity contribution in [3.8, 4) is 0 Å². The molecule has 3 heteroatoms. The second-order valence-electron chi connectivity index (χ2n) is 6.26. The fourth-order valence-corrected chi connectivity index (χ4v) is 2.43. The lowest BCUT2D eigenvalue weighted by Crippen LogP contribution is -2.43. The highest BCUT2D eigenvalue weighted by Crippen LogP contribution is 2.28. The summed E-state index contributed by atoms with van der Waals surface area (Å²) in [4.78, 5) is 2.45. The highest BCUT2D eigenvalue weighted by atomic mass is 16.3. The summed E-state index contributed by atoms with van der Waals surface area (Å²) < 4.78 is 0. The topological polar surface area (TPSA) is 35.5 Å². The van der Waals surface area contributed by atoms with Crippen LogP contribution < -0.4 is 5.32 Å². The maximum atomic E-state index is 9.08. The third kappa shape index (κ3) is 5.36. The molecule has 0 aromatic heterocycles. The van der Waals surface area contributed by atoms with Gasteiger partial charge in [-0.15, -0.1) is 0 Å². The van der Waals surface area contributed by atoms with Gasteiger partial charge in [-0.25, -0.2) is 0 Å². The zero-order chi connectivity index (χ0) is 12.9. The van der Waals surface area contributed by atoms with Gasteiger partial charge in [-0.05, 0) is 31.2 Å². The quantitative estimate of drug-likeness (QED) is 0.682. The van der Waals surface area contributed by atoms with Crippen molar-refractivity contribution in [2.24, 2.45) is 5.41 Å².